The Morgan fingerprint density at radius 2 is 2.15 bits per heavy atom. The molecule has 0 aliphatic carbocycles. The molecule has 0 saturated carbocycles. The first kappa shape index (κ1) is 24.3. The van der Waals surface area contributed by atoms with E-state index in [1.54, 1.807) is 43.1 Å². The van der Waals surface area contributed by atoms with Gasteiger partial charge in [0.1, 0.15) is 5.84 Å². The summed E-state index contributed by atoms with van der Waals surface area (Å²) in [6.07, 6.45) is 3.31. The van der Waals surface area contributed by atoms with E-state index in [-0.39, 0.29) is 24.5 Å². The van der Waals surface area contributed by atoms with Crippen LogP contribution >= 0.6 is 11.6 Å². The minimum absolute atomic E-state index is 0.128. The largest absolute Gasteiger partial charge is 0.358 e. The maximum atomic E-state index is 13.4. The van der Waals surface area contributed by atoms with Crippen LogP contribution in [0.4, 0.5) is 0 Å². The van der Waals surface area contributed by atoms with Crippen molar-refractivity contribution in [2.45, 2.75) is 33.9 Å². The van der Waals surface area contributed by atoms with Crippen LogP contribution in [0.15, 0.2) is 45.4 Å². The van der Waals surface area contributed by atoms with Gasteiger partial charge in [-0.2, -0.15) is 4.98 Å². The average Bonchev–Trinajstić information content (AvgIpc) is 3.24. The number of hydrogen-bond acceptors (Lipinski definition) is 7. The number of aromatic nitrogens is 2. The van der Waals surface area contributed by atoms with E-state index >= 15 is 0 Å². The highest BCUT2D eigenvalue weighted by atomic mass is 35.5. The van der Waals surface area contributed by atoms with Crippen molar-refractivity contribution in [1.29, 1.82) is 0 Å². The number of benzene rings is 1. The molecule has 1 atom stereocenters. The number of hydrogen-bond donors (Lipinski definition) is 2. The smallest absolute Gasteiger partial charge is 0.260 e. The average molecular weight is 471 g/mol. The van der Waals surface area contributed by atoms with Crippen LogP contribution in [0, 0.1) is 6.92 Å². The van der Waals surface area contributed by atoms with Gasteiger partial charge in [0.2, 0.25) is 17.6 Å². The number of nitrogens with zero attached hydrogens (tertiary/aromatic N) is 4. The minimum Gasteiger partial charge on any atom is -0.358 e. The molecule has 1 aromatic heterocycles. The number of likely N-dealkylation sites (N-methyl/N-ethyl adjacent to an activating group) is 2. The van der Waals surface area contributed by atoms with Gasteiger partial charge in [-0.25, -0.2) is 4.99 Å². The van der Waals surface area contributed by atoms with Crippen molar-refractivity contribution in [3.05, 3.63) is 52.4 Å². The Hall–Kier alpha value is -3.30. The summed E-state index contributed by atoms with van der Waals surface area (Å²) in [5.74, 6) is 1.09. The lowest BCUT2D eigenvalue weighted by atomic mass is 9.95. The van der Waals surface area contributed by atoms with Crippen molar-refractivity contribution in [1.82, 2.24) is 25.7 Å². The molecule has 9 nitrogen and oxygen atoms in total. The number of rotatable bonds is 7. The van der Waals surface area contributed by atoms with Gasteiger partial charge in [0.15, 0.2) is 0 Å². The van der Waals surface area contributed by atoms with Gasteiger partial charge < -0.3 is 9.84 Å². The SMILES string of the molecule is C/C=C1/C=C(c2ccc(-c3noc(C)n3)cc2Cl)C(=O)N(CC)/C1=N/C(C)NCC(=O)NC. The van der Waals surface area contributed by atoms with Gasteiger partial charge in [-0.05, 0) is 32.9 Å². The molecular formula is C23H27ClN6O3. The predicted molar refractivity (Wildman–Crippen MR) is 128 cm³/mol. The summed E-state index contributed by atoms with van der Waals surface area (Å²) >= 11 is 6.58. The van der Waals surface area contributed by atoms with Crippen molar-refractivity contribution in [3.63, 3.8) is 0 Å². The standard InChI is InChI=1S/C23H27ClN6O3/c1-6-15-10-18(17-9-8-16(11-19(17)24)21-28-14(4)33-29-21)23(32)30(7-2)22(15)27-13(3)26-12-20(31)25-5/h6,8-11,13,26H,7,12H2,1-5H3,(H,25,31)/b15-6-,27-22+. The second-order valence-corrected chi connectivity index (χ2v) is 7.77. The summed E-state index contributed by atoms with van der Waals surface area (Å²) in [6.45, 7) is 7.86. The molecule has 2 heterocycles. The van der Waals surface area contributed by atoms with Gasteiger partial charge >= 0.3 is 0 Å². The Morgan fingerprint density at radius 3 is 2.73 bits per heavy atom. The lowest BCUT2D eigenvalue weighted by Gasteiger charge is -2.30. The Morgan fingerprint density at radius 1 is 1.39 bits per heavy atom. The number of halogens is 1. The monoisotopic (exact) mass is 470 g/mol. The van der Waals surface area contributed by atoms with Crippen LogP contribution in [0.2, 0.25) is 5.02 Å². The lowest BCUT2D eigenvalue weighted by molar-refractivity contribution is -0.121. The van der Waals surface area contributed by atoms with E-state index in [1.807, 2.05) is 26.8 Å². The van der Waals surface area contributed by atoms with Gasteiger partial charge in [0.05, 0.1) is 12.7 Å². The second kappa shape index (κ2) is 10.5. The lowest BCUT2D eigenvalue weighted by Crippen LogP contribution is -2.43. The fraction of sp³-hybridized carbons (Fsp3) is 0.348. The van der Waals surface area contributed by atoms with Crippen LogP contribution in [0.1, 0.15) is 32.2 Å². The molecule has 1 aromatic carbocycles. The molecule has 10 heteroatoms. The zero-order valence-corrected chi connectivity index (χ0v) is 20.0. The fourth-order valence-electron chi connectivity index (χ4n) is 3.37. The molecule has 0 bridgehead atoms. The third-order valence-electron chi connectivity index (χ3n) is 5.11. The molecule has 0 fully saturated rings. The van der Waals surface area contributed by atoms with Gasteiger partial charge in [0.25, 0.3) is 5.91 Å². The number of amides is 2. The Kier molecular flexibility index (Phi) is 7.78. The van der Waals surface area contributed by atoms with Crippen molar-refractivity contribution in [2.24, 2.45) is 4.99 Å². The summed E-state index contributed by atoms with van der Waals surface area (Å²) in [5, 5.41) is 9.91. The van der Waals surface area contributed by atoms with Crippen molar-refractivity contribution >= 4 is 34.8 Å². The van der Waals surface area contributed by atoms with Crippen molar-refractivity contribution in [3.8, 4) is 11.4 Å². The van der Waals surface area contributed by atoms with Crippen LogP contribution in [-0.4, -0.2) is 59.0 Å². The molecule has 1 aliphatic rings. The van der Waals surface area contributed by atoms with Crippen molar-refractivity contribution in [2.75, 3.05) is 20.1 Å². The first-order valence-corrected chi connectivity index (χ1v) is 11.0. The maximum absolute atomic E-state index is 13.4. The Balaban J connectivity index is 1.95. The molecule has 2 amide bonds. The number of aryl methyl sites for hydroxylation is 1. The van der Waals surface area contributed by atoms with E-state index in [1.165, 1.54) is 0 Å². The van der Waals surface area contributed by atoms with Gasteiger partial charge in [0, 0.05) is 47.8 Å². The molecule has 0 spiro atoms. The third-order valence-corrected chi connectivity index (χ3v) is 5.43. The van der Waals surface area contributed by atoms with Crippen molar-refractivity contribution < 1.29 is 14.1 Å². The Bertz CT molecular complexity index is 1150. The number of aliphatic imine (C=N–C) groups is 1. The molecule has 2 N–H and O–H groups in total. The quantitative estimate of drug-likeness (QED) is 0.643. The van der Waals surface area contributed by atoms with Gasteiger partial charge in [-0.15, -0.1) is 0 Å². The number of carbonyl (C=O) groups excluding carboxylic acids is 2. The second-order valence-electron chi connectivity index (χ2n) is 7.37. The van der Waals surface area contributed by atoms with E-state index in [4.69, 9.17) is 16.1 Å². The Labute approximate surface area is 197 Å². The zero-order chi connectivity index (χ0) is 24.1. The predicted octanol–water partition coefficient (Wildman–Crippen LogP) is 2.97. The number of amidine groups is 1. The summed E-state index contributed by atoms with van der Waals surface area (Å²) in [4.78, 5) is 35.4. The molecule has 33 heavy (non-hydrogen) atoms. The first-order valence-electron chi connectivity index (χ1n) is 10.6. The van der Waals surface area contributed by atoms with E-state index in [9.17, 15) is 9.59 Å². The van der Waals surface area contributed by atoms with Crippen LogP contribution in [0.5, 0.6) is 0 Å². The molecule has 1 unspecified atom stereocenters. The number of allylic oxidation sites excluding steroid dienone is 1. The molecule has 174 valence electrons. The third kappa shape index (κ3) is 5.37. The van der Waals surface area contributed by atoms with E-state index < -0.39 is 0 Å². The summed E-state index contributed by atoms with van der Waals surface area (Å²) in [7, 11) is 1.57. The van der Waals surface area contributed by atoms with Crippen LogP contribution in [-0.2, 0) is 9.59 Å². The molecule has 2 aromatic rings. The minimum atomic E-state index is -0.370. The highest BCUT2D eigenvalue weighted by molar-refractivity contribution is 6.37. The highest BCUT2D eigenvalue weighted by Gasteiger charge is 2.31. The van der Waals surface area contributed by atoms with E-state index in [0.29, 0.717) is 45.8 Å². The summed E-state index contributed by atoms with van der Waals surface area (Å²) in [5.41, 5.74) is 2.55. The maximum Gasteiger partial charge on any atom is 0.260 e. The molecule has 1 aliphatic heterocycles. The zero-order valence-electron chi connectivity index (χ0n) is 19.3. The van der Waals surface area contributed by atoms with Crippen LogP contribution < -0.4 is 10.6 Å². The van der Waals surface area contributed by atoms with E-state index in [0.717, 1.165) is 5.57 Å². The van der Waals surface area contributed by atoms with Gasteiger partial charge in [-0.1, -0.05) is 35.0 Å². The van der Waals surface area contributed by atoms with Crippen LogP contribution in [0.3, 0.4) is 0 Å². The molecular weight excluding hydrogens is 444 g/mol. The topological polar surface area (TPSA) is 113 Å². The highest BCUT2D eigenvalue weighted by Crippen LogP contribution is 2.33. The first-order chi connectivity index (χ1) is 15.8. The fourth-order valence-corrected chi connectivity index (χ4v) is 3.65. The van der Waals surface area contributed by atoms with E-state index in [2.05, 4.69) is 25.8 Å². The van der Waals surface area contributed by atoms with Crippen LogP contribution in [0.25, 0.3) is 17.0 Å². The number of carbonyl (C=O) groups is 2. The normalized spacial score (nSPS) is 17.5. The molecule has 0 radical (unpaired) electrons. The molecule has 3 rings (SSSR count). The van der Waals surface area contributed by atoms with Gasteiger partial charge in [-0.3, -0.25) is 19.8 Å². The summed E-state index contributed by atoms with van der Waals surface area (Å²) in [6, 6.07) is 5.30. The summed E-state index contributed by atoms with van der Waals surface area (Å²) < 4.78 is 5.04. The number of nitrogens with one attached hydrogen (secondary N) is 2. The molecule has 0 saturated heterocycles.